The summed E-state index contributed by atoms with van der Waals surface area (Å²) in [5.74, 6) is 0. The van der Waals surface area contributed by atoms with Gasteiger partial charge < -0.3 is 4.74 Å². The van der Waals surface area contributed by atoms with Gasteiger partial charge in [-0.05, 0) is 18.6 Å². The van der Waals surface area contributed by atoms with Crippen LogP contribution in [-0.4, -0.2) is 18.7 Å². The van der Waals surface area contributed by atoms with Crippen LogP contribution in [0.1, 0.15) is 64.7 Å². The van der Waals surface area contributed by atoms with Crippen molar-refractivity contribution in [2.24, 2.45) is 0 Å². The van der Waals surface area contributed by atoms with Crippen LogP contribution in [-0.2, 0) is 4.74 Å². The molecule has 0 saturated carbocycles. The predicted octanol–water partition coefficient (Wildman–Crippen LogP) is 5.54. The van der Waals surface area contributed by atoms with Crippen molar-refractivity contribution < 1.29 is 9.53 Å². The van der Waals surface area contributed by atoms with Gasteiger partial charge in [-0.1, -0.05) is 76.5 Å². The summed E-state index contributed by atoms with van der Waals surface area (Å²) in [6.45, 7) is 2.79. The smallest absolute Gasteiger partial charge is 0.414 e. The number of nitrogens with zero attached hydrogens (tertiary/aromatic N) is 1. The van der Waals surface area contributed by atoms with Crippen LogP contribution in [0.4, 0.5) is 10.5 Å². The fourth-order valence-electron chi connectivity index (χ4n) is 3.09. The highest BCUT2D eigenvalue weighted by Crippen LogP contribution is 2.25. The SMILES string of the molecule is CCCCCCCCCCC1COC(=O)N1c1ccccc1. The van der Waals surface area contributed by atoms with E-state index in [1.54, 1.807) is 0 Å². The summed E-state index contributed by atoms with van der Waals surface area (Å²) < 4.78 is 5.24. The third kappa shape index (κ3) is 5.04. The largest absolute Gasteiger partial charge is 0.447 e. The molecule has 0 bridgehead atoms. The Balaban J connectivity index is 1.68. The van der Waals surface area contributed by atoms with E-state index in [4.69, 9.17) is 4.74 Å². The summed E-state index contributed by atoms with van der Waals surface area (Å²) >= 11 is 0. The van der Waals surface area contributed by atoms with Gasteiger partial charge in [-0.3, -0.25) is 4.90 Å². The van der Waals surface area contributed by atoms with Crippen molar-refractivity contribution in [1.29, 1.82) is 0 Å². The van der Waals surface area contributed by atoms with Crippen LogP contribution in [0.25, 0.3) is 0 Å². The molecule has 0 aliphatic carbocycles. The minimum Gasteiger partial charge on any atom is -0.447 e. The Morgan fingerprint density at radius 1 is 1.00 bits per heavy atom. The van der Waals surface area contributed by atoms with Crippen molar-refractivity contribution in [3.8, 4) is 0 Å². The molecule has 0 aromatic heterocycles. The highest BCUT2D eigenvalue weighted by Gasteiger charge is 2.33. The first kappa shape index (κ1) is 16.9. The van der Waals surface area contributed by atoms with E-state index in [1.807, 2.05) is 35.2 Å². The summed E-state index contributed by atoms with van der Waals surface area (Å²) in [4.78, 5) is 13.7. The van der Waals surface area contributed by atoms with Gasteiger partial charge in [0.1, 0.15) is 6.61 Å². The lowest BCUT2D eigenvalue weighted by Crippen LogP contribution is -2.33. The van der Waals surface area contributed by atoms with Crippen LogP contribution >= 0.6 is 0 Å². The molecule has 0 spiro atoms. The van der Waals surface area contributed by atoms with Crippen LogP contribution < -0.4 is 4.90 Å². The maximum atomic E-state index is 11.9. The highest BCUT2D eigenvalue weighted by atomic mass is 16.6. The molecular weight excluding hydrogens is 274 g/mol. The van der Waals surface area contributed by atoms with Crippen LogP contribution in [0.15, 0.2) is 30.3 Å². The molecule has 0 radical (unpaired) electrons. The topological polar surface area (TPSA) is 29.5 Å². The maximum Gasteiger partial charge on any atom is 0.414 e. The van der Waals surface area contributed by atoms with Crippen LogP contribution in [0.5, 0.6) is 0 Å². The van der Waals surface area contributed by atoms with Crippen molar-refractivity contribution >= 4 is 11.8 Å². The number of benzene rings is 1. The van der Waals surface area contributed by atoms with Crippen LogP contribution in [0, 0.1) is 0 Å². The Labute approximate surface area is 134 Å². The second-order valence-electron chi connectivity index (χ2n) is 6.20. The number of hydrogen-bond acceptors (Lipinski definition) is 2. The molecule has 0 N–H and O–H groups in total. The molecule has 1 heterocycles. The molecule has 1 atom stereocenters. The zero-order valence-corrected chi connectivity index (χ0v) is 13.8. The maximum absolute atomic E-state index is 11.9. The third-order valence-electron chi connectivity index (χ3n) is 4.39. The molecule has 1 amide bonds. The average molecular weight is 303 g/mol. The monoisotopic (exact) mass is 303 g/mol. The van der Waals surface area contributed by atoms with Gasteiger partial charge in [0.2, 0.25) is 0 Å². The van der Waals surface area contributed by atoms with E-state index in [1.165, 1.54) is 51.4 Å². The molecule has 1 aromatic carbocycles. The van der Waals surface area contributed by atoms with Gasteiger partial charge in [0.05, 0.1) is 6.04 Å². The number of carbonyl (C=O) groups is 1. The van der Waals surface area contributed by atoms with E-state index in [9.17, 15) is 4.79 Å². The molecule has 1 fully saturated rings. The summed E-state index contributed by atoms with van der Waals surface area (Å²) in [6, 6.07) is 10.1. The van der Waals surface area contributed by atoms with Crippen molar-refractivity contribution in [2.45, 2.75) is 70.8 Å². The van der Waals surface area contributed by atoms with Crippen LogP contribution in [0.2, 0.25) is 0 Å². The van der Waals surface area contributed by atoms with E-state index >= 15 is 0 Å². The number of rotatable bonds is 10. The Morgan fingerprint density at radius 3 is 2.32 bits per heavy atom. The predicted molar refractivity (Wildman–Crippen MR) is 91.3 cm³/mol. The van der Waals surface area contributed by atoms with Crippen molar-refractivity contribution in [3.05, 3.63) is 30.3 Å². The van der Waals surface area contributed by atoms with Gasteiger partial charge >= 0.3 is 6.09 Å². The molecule has 122 valence electrons. The van der Waals surface area contributed by atoms with E-state index in [0.717, 1.165) is 12.1 Å². The van der Waals surface area contributed by atoms with Gasteiger partial charge in [0.15, 0.2) is 0 Å². The second kappa shape index (κ2) is 9.50. The Kier molecular flexibility index (Phi) is 7.27. The van der Waals surface area contributed by atoms with Gasteiger partial charge in [-0.25, -0.2) is 4.79 Å². The molecule has 3 nitrogen and oxygen atoms in total. The van der Waals surface area contributed by atoms with Gasteiger partial charge in [0.25, 0.3) is 0 Å². The first-order valence-electron chi connectivity index (χ1n) is 8.84. The number of anilines is 1. The van der Waals surface area contributed by atoms with E-state index in [-0.39, 0.29) is 12.1 Å². The first-order chi connectivity index (χ1) is 10.8. The summed E-state index contributed by atoms with van der Waals surface area (Å²) in [5, 5.41) is 0. The molecule has 1 aromatic rings. The summed E-state index contributed by atoms with van der Waals surface area (Å²) in [5.41, 5.74) is 0.953. The van der Waals surface area contributed by atoms with Crippen molar-refractivity contribution in [1.82, 2.24) is 0 Å². The molecule has 1 saturated heterocycles. The summed E-state index contributed by atoms with van der Waals surface area (Å²) in [6.07, 6.45) is 11.4. The Morgan fingerprint density at radius 2 is 1.64 bits per heavy atom. The lowest BCUT2D eigenvalue weighted by Gasteiger charge is -2.21. The molecule has 1 unspecified atom stereocenters. The zero-order valence-electron chi connectivity index (χ0n) is 13.8. The van der Waals surface area contributed by atoms with Gasteiger partial charge in [-0.2, -0.15) is 0 Å². The second-order valence-corrected chi connectivity index (χ2v) is 6.20. The Bertz CT molecular complexity index is 432. The number of hydrogen-bond donors (Lipinski definition) is 0. The highest BCUT2D eigenvalue weighted by molar-refractivity contribution is 5.90. The molecule has 3 heteroatoms. The fourth-order valence-corrected chi connectivity index (χ4v) is 3.09. The number of amides is 1. The number of carbonyl (C=O) groups excluding carboxylic acids is 1. The summed E-state index contributed by atoms with van der Waals surface area (Å²) in [7, 11) is 0. The van der Waals surface area contributed by atoms with Crippen LogP contribution in [0.3, 0.4) is 0 Å². The standard InChI is InChI=1S/C19H29NO2/c1-2-3-4-5-6-7-8-10-15-18-16-22-19(21)20(18)17-13-11-9-12-14-17/h9,11-14,18H,2-8,10,15-16H2,1H3. The average Bonchev–Trinajstić information content (AvgIpc) is 2.91. The molecular formula is C19H29NO2. The number of unbranched alkanes of at least 4 members (excludes halogenated alkanes) is 7. The van der Waals surface area contributed by atoms with E-state index in [2.05, 4.69) is 6.92 Å². The zero-order chi connectivity index (χ0) is 15.6. The normalized spacial score (nSPS) is 17.8. The van der Waals surface area contributed by atoms with Gasteiger partial charge in [0, 0.05) is 5.69 Å². The number of cyclic esters (lactones) is 1. The molecule has 1 aliphatic heterocycles. The molecule has 22 heavy (non-hydrogen) atoms. The quantitative estimate of drug-likeness (QED) is 0.531. The molecule has 1 aliphatic rings. The third-order valence-corrected chi connectivity index (χ3v) is 4.39. The van der Waals surface area contributed by atoms with E-state index < -0.39 is 0 Å². The number of para-hydroxylation sites is 1. The number of ether oxygens (including phenoxy) is 1. The van der Waals surface area contributed by atoms with Crippen molar-refractivity contribution in [2.75, 3.05) is 11.5 Å². The lowest BCUT2D eigenvalue weighted by molar-refractivity contribution is 0.178. The first-order valence-corrected chi connectivity index (χ1v) is 8.84. The van der Waals surface area contributed by atoms with Gasteiger partial charge in [-0.15, -0.1) is 0 Å². The molecule has 2 rings (SSSR count). The Hall–Kier alpha value is -1.51. The minimum absolute atomic E-state index is 0.198. The van der Waals surface area contributed by atoms with Crippen molar-refractivity contribution in [3.63, 3.8) is 0 Å². The minimum atomic E-state index is -0.198. The lowest BCUT2D eigenvalue weighted by atomic mass is 10.0. The van der Waals surface area contributed by atoms with E-state index in [0.29, 0.717) is 6.61 Å². The fraction of sp³-hybridized carbons (Fsp3) is 0.632.